The van der Waals surface area contributed by atoms with E-state index >= 15 is 0 Å². The molecule has 0 amide bonds. The molecule has 2 aromatic rings. The zero-order chi connectivity index (χ0) is 23.1. The number of rotatable bonds is 7. The van der Waals surface area contributed by atoms with E-state index in [1.54, 1.807) is 0 Å². The summed E-state index contributed by atoms with van der Waals surface area (Å²) >= 11 is 5.82. The Hall–Kier alpha value is -1.95. The maximum atomic E-state index is 12.6. The fourth-order valence-corrected chi connectivity index (χ4v) is 5.13. The van der Waals surface area contributed by atoms with Gasteiger partial charge in [0.2, 0.25) is 10.0 Å². The van der Waals surface area contributed by atoms with E-state index in [-0.39, 0.29) is 10.7 Å². The predicted molar refractivity (Wildman–Crippen MR) is 107 cm³/mol. The van der Waals surface area contributed by atoms with Crippen molar-refractivity contribution in [3.63, 3.8) is 0 Å². The van der Waals surface area contributed by atoms with Crippen LogP contribution < -0.4 is 9.44 Å². The second-order valence-corrected chi connectivity index (χ2v) is 12.4. The van der Waals surface area contributed by atoms with Crippen LogP contribution in [0.15, 0.2) is 51.1 Å². The maximum Gasteiger partial charge on any atom is 0.294 e. The highest BCUT2D eigenvalue weighted by molar-refractivity contribution is 7.93. The van der Waals surface area contributed by atoms with Crippen molar-refractivity contribution in [2.75, 3.05) is 15.7 Å². The zero-order valence-electron chi connectivity index (χ0n) is 14.6. The molecule has 0 heterocycles. The van der Waals surface area contributed by atoms with E-state index in [2.05, 4.69) is 0 Å². The molecule has 12 nitrogen and oxygen atoms in total. The second kappa shape index (κ2) is 7.95. The Labute approximate surface area is 177 Å². The average Bonchev–Trinajstić information content (AvgIpc) is 2.53. The molecule has 2 aromatic carbocycles. The summed E-state index contributed by atoms with van der Waals surface area (Å²) in [5, 5.41) is -0.124. The molecule has 4 N–H and O–H groups in total. The molecule has 0 radical (unpaired) electrons. The lowest BCUT2D eigenvalue weighted by Crippen LogP contribution is -2.15. The van der Waals surface area contributed by atoms with Gasteiger partial charge in [0.15, 0.2) is 0 Å². The van der Waals surface area contributed by atoms with Crippen LogP contribution in [0.3, 0.4) is 0 Å². The van der Waals surface area contributed by atoms with E-state index in [4.69, 9.17) is 20.7 Å². The second-order valence-electron chi connectivity index (χ2n) is 5.76. The van der Waals surface area contributed by atoms with E-state index < -0.39 is 60.7 Å². The minimum Gasteiger partial charge on any atom is -0.282 e. The molecule has 0 saturated carbocycles. The third-order valence-corrected chi connectivity index (χ3v) is 7.23. The normalized spacial score (nSPS) is 13.1. The van der Waals surface area contributed by atoms with Crippen molar-refractivity contribution in [3.05, 3.63) is 41.4 Å². The Bertz CT molecular complexity index is 1380. The van der Waals surface area contributed by atoms with E-state index in [1.165, 1.54) is 0 Å². The number of nitrogens with one attached hydrogen (secondary N) is 2. The number of anilines is 2. The summed E-state index contributed by atoms with van der Waals surface area (Å²) in [6, 6.07) is 4.55. The molecule has 0 aromatic heterocycles. The molecule has 0 saturated heterocycles. The van der Waals surface area contributed by atoms with Crippen LogP contribution in [-0.2, 0) is 40.3 Å². The lowest BCUT2D eigenvalue weighted by atomic mass is 10.3. The molecular weight excluding hydrogens is 508 g/mol. The molecule has 0 spiro atoms. The lowest BCUT2D eigenvalue weighted by molar-refractivity contribution is 0.481. The Morgan fingerprint density at radius 3 is 1.67 bits per heavy atom. The van der Waals surface area contributed by atoms with Gasteiger partial charge < -0.3 is 0 Å². The van der Waals surface area contributed by atoms with Crippen molar-refractivity contribution in [1.82, 2.24) is 0 Å². The van der Waals surface area contributed by atoms with Crippen LogP contribution in [0.25, 0.3) is 0 Å². The highest BCUT2D eigenvalue weighted by Gasteiger charge is 2.22. The molecule has 0 bridgehead atoms. The van der Waals surface area contributed by atoms with Crippen molar-refractivity contribution in [2.24, 2.45) is 0 Å². The molecule has 0 aliphatic heterocycles. The molecule has 166 valence electrons. The fourth-order valence-electron chi connectivity index (χ4n) is 2.09. The van der Waals surface area contributed by atoms with Gasteiger partial charge >= 0.3 is 0 Å². The van der Waals surface area contributed by atoms with Crippen molar-refractivity contribution < 1.29 is 42.8 Å². The molecule has 30 heavy (non-hydrogen) atoms. The largest absolute Gasteiger partial charge is 0.294 e. The van der Waals surface area contributed by atoms with Gasteiger partial charge in [-0.15, -0.1) is 0 Å². The highest BCUT2D eigenvalue weighted by Crippen LogP contribution is 2.28. The summed E-state index contributed by atoms with van der Waals surface area (Å²) in [6.07, 6.45) is 0.806. The van der Waals surface area contributed by atoms with Gasteiger partial charge in [0, 0.05) is 0 Å². The number of halogens is 1. The van der Waals surface area contributed by atoms with Gasteiger partial charge in [0.05, 0.1) is 37.3 Å². The number of hydrogen-bond donors (Lipinski definition) is 4. The van der Waals surface area contributed by atoms with Crippen LogP contribution >= 0.6 is 11.6 Å². The summed E-state index contributed by atoms with van der Waals surface area (Å²) in [7, 11) is -18.3. The molecule has 0 aliphatic carbocycles. The van der Waals surface area contributed by atoms with Gasteiger partial charge in [-0.25, -0.2) is 16.8 Å². The minimum atomic E-state index is -4.97. The molecule has 17 heteroatoms. The van der Waals surface area contributed by atoms with Crippen molar-refractivity contribution >= 4 is 63.3 Å². The third kappa shape index (κ3) is 6.27. The third-order valence-electron chi connectivity index (χ3n) is 3.27. The van der Waals surface area contributed by atoms with Crippen molar-refractivity contribution in [2.45, 2.75) is 14.7 Å². The van der Waals surface area contributed by atoms with Crippen LogP contribution in [0, 0.1) is 0 Å². The van der Waals surface area contributed by atoms with Crippen LogP contribution in [0.5, 0.6) is 0 Å². The molecule has 0 fully saturated rings. The van der Waals surface area contributed by atoms with Gasteiger partial charge in [-0.1, -0.05) is 11.6 Å². The predicted octanol–water partition coefficient (Wildman–Crippen LogP) is 1.01. The lowest BCUT2D eigenvalue weighted by Gasteiger charge is -2.12. The van der Waals surface area contributed by atoms with Crippen molar-refractivity contribution in [3.8, 4) is 0 Å². The van der Waals surface area contributed by atoms with Crippen LogP contribution in [0.2, 0.25) is 5.02 Å². The molecule has 0 unspecified atom stereocenters. The molecule has 0 aliphatic rings. The standard InChI is InChI=1S/C13H13ClN2O10S4/c1-27(17,18)16-13-7-9(2-3-12(13)14)28(19,20)15-8-4-10(29(21,22)23)6-11(5-8)30(24,25)26/h2-7,15-16H,1H3,(H,21,22,23)(H,24,25,26). The summed E-state index contributed by atoms with van der Waals surface area (Å²) in [5.41, 5.74) is -0.905. The first kappa shape index (κ1) is 24.3. The quantitative estimate of drug-likeness (QED) is 0.381. The first-order valence-corrected chi connectivity index (χ1v) is 13.9. The summed E-state index contributed by atoms with van der Waals surface area (Å²) in [4.78, 5) is -2.54. The topological polar surface area (TPSA) is 201 Å². The molecule has 0 atom stereocenters. The Kier molecular flexibility index (Phi) is 6.45. The minimum absolute atomic E-state index is 0.124. The van der Waals surface area contributed by atoms with E-state index in [0.717, 1.165) is 24.5 Å². The van der Waals surface area contributed by atoms with Gasteiger partial charge in [-0.05, 0) is 36.4 Å². The van der Waals surface area contributed by atoms with E-state index in [0.29, 0.717) is 18.2 Å². The fraction of sp³-hybridized carbons (Fsp3) is 0.0769. The maximum absolute atomic E-state index is 12.6. The highest BCUT2D eigenvalue weighted by atomic mass is 35.5. The van der Waals surface area contributed by atoms with Gasteiger partial charge in [-0.2, -0.15) is 16.8 Å². The summed E-state index contributed by atoms with van der Waals surface area (Å²) < 4.78 is 115. The van der Waals surface area contributed by atoms with Gasteiger partial charge in [-0.3, -0.25) is 18.5 Å². The SMILES string of the molecule is CS(=O)(=O)Nc1cc(S(=O)(=O)Nc2cc(S(=O)(=O)O)cc(S(=O)(=O)O)c2)ccc1Cl. The number of benzene rings is 2. The van der Waals surface area contributed by atoms with Crippen LogP contribution in [0.1, 0.15) is 0 Å². The Morgan fingerprint density at radius 1 is 0.733 bits per heavy atom. The van der Waals surface area contributed by atoms with Gasteiger partial charge in [0.25, 0.3) is 30.3 Å². The zero-order valence-corrected chi connectivity index (χ0v) is 18.7. The summed E-state index contributed by atoms with van der Waals surface area (Å²) in [6.45, 7) is 0. The molecular formula is C13H13ClN2O10S4. The van der Waals surface area contributed by atoms with Crippen LogP contribution in [-0.4, -0.2) is 49.0 Å². The first-order valence-electron chi connectivity index (χ1n) is 7.29. The number of sulfonamides is 2. The smallest absolute Gasteiger partial charge is 0.282 e. The van der Waals surface area contributed by atoms with E-state index in [1.807, 2.05) is 9.44 Å². The van der Waals surface area contributed by atoms with Crippen molar-refractivity contribution in [1.29, 1.82) is 0 Å². The monoisotopic (exact) mass is 520 g/mol. The Balaban J connectivity index is 2.58. The Morgan fingerprint density at radius 2 is 1.23 bits per heavy atom. The van der Waals surface area contributed by atoms with Gasteiger partial charge in [0.1, 0.15) is 0 Å². The molecule has 2 rings (SSSR count). The first-order chi connectivity index (χ1) is 13.4. The van der Waals surface area contributed by atoms with E-state index in [9.17, 15) is 33.7 Å². The average molecular weight is 521 g/mol. The van der Waals surface area contributed by atoms with Crippen LogP contribution in [0.4, 0.5) is 11.4 Å². The number of hydrogen-bond acceptors (Lipinski definition) is 8. The summed E-state index contributed by atoms with van der Waals surface area (Å²) in [5.74, 6) is 0.